The Morgan fingerprint density at radius 2 is 2.08 bits per heavy atom. The molecular weight excluding hydrogens is 166 g/mol. The molecule has 1 heterocycles. The Morgan fingerprint density at radius 3 is 2.46 bits per heavy atom. The number of rotatable bonds is 3. The molecule has 1 atom stereocenters. The Balaban J connectivity index is 2.79. The second kappa shape index (κ2) is 3.79. The van der Waals surface area contributed by atoms with E-state index in [1.165, 1.54) is 0 Å². The van der Waals surface area contributed by atoms with Gasteiger partial charge in [-0.15, -0.1) is 0 Å². The molecule has 0 fully saturated rings. The Kier molecular flexibility index (Phi) is 2.93. The summed E-state index contributed by atoms with van der Waals surface area (Å²) in [5.41, 5.74) is 5.90. The van der Waals surface area contributed by atoms with E-state index in [1.807, 2.05) is 25.1 Å². The van der Waals surface area contributed by atoms with Crippen molar-refractivity contribution in [1.82, 2.24) is 5.16 Å². The number of aromatic nitrogens is 1. The summed E-state index contributed by atoms with van der Waals surface area (Å²) < 4.78 is 5.13. The van der Waals surface area contributed by atoms with Crippen molar-refractivity contribution in [3.05, 3.63) is 11.8 Å². The molecule has 0 spiro atoms. The molecule has 0 saturated carbocycles. The summed E-state index contributed by atoms with van der Waals surface area (Å²) in [6.45, 7) is 4.12. The summed E-state index contributed by atoms with van der Waals surface area (Å²) in [6.07, 6.45) is 0. The van der Waals surface area contributed by atoms with Gasteiger partial charge in [-0.25, -0.2) is 0 Å². The Morgan fingerprint density at radius 1 is 1.46 bits per heavy atom. The SMILES string of the molecule is CC(C)[C@H](N)c1cc(N(C)C)no1. The zero-order chi connectivity index (χ0) is 10.0. The van der Waals surface area contributed by atoms with E-state index in [4.69, 9.17) is 10.3 Å². The standard InChI is InChI=1S/C9H17N3O/c1-6(2)9(10)7-5-8(11-13-7)12(3)4/h5-6,9H,10H2,1-4H3/t9-/m0/s1. The van der Waals surface area contributed by atoms with Crippen LogP contribution in [0.25, 0.3) is 0 Å². The maximum absolute atomic E-state index is 5.90. The molecule has 0 radical (unpaired) electrons. The summed E-state index contributed by atoms with van der Waals surface area (Å²) in [6, 6.07) is 1.81. The van der Waals surface area contributed by atoms with Crippen molar-refractivity contribution in [3.8, 4) is 0 Å². The van der Waals surface area contributed by atoms with Gasteiger partial charge in [-0.05, 0) is 5.92 Å². The normalized spacial score (nSPS) is 13.4. The van der Waals surface area contributed by atoms with E-state index >= 15 is 0 Å². The lowest BCUT2D eigenvalue weighted by molar-refractivity contribution is 0.333. The average Bonchev–Trinajstić information content (AvgIpc) is 2.50. The zero-order valence-corrected chi connectivity index (χ0v) is 8.61. The van der Waals surface area contributed by atoms with Crippen LogP contribution >= 0.6 is 0 Å². The van der Waals surface area contributed by atoms with Crippen molar-refractivity contribution in [3.63, 3.8) is 0 Å². The number of anilines is 1. The second-order valence-corrected chi connectivity index (χ2v) is 3.75. The lowest BCUT2D eigenvalue weighted by Gasteiger charge is -2.10. The first kappa shape index (κ1) is 10.1. The van der Waals surface area contributed by atoms with Crippen LogP contribution in [0.2, 0.25) is 0 Å². The van der Waals surface area contributed by atoms with Crippen molar-refractivity contribution in [2.24, 2.45) is 11.7 Å². The van der Waals surface area contributed by atoms with Gasteiger partial charge < -0.3 is 15.2 Å². The van der Waals surface area contributed by atoms with E-state index in [2.05, 4.69) is 19.0 Å². The van der Waals surface area contributed by atoms with Gasteiger partial charge in [0.25, 0.3) is 0 Å². The van der Waals surface area contributed by atoms with Crippen LogP contribution in [0.3, 0.4) is 0 Å². The number of hydrogen-bond donors (Lipinski definition) is 1. The molecule has 4 nitrogen and oxygen atoms in total. The van der Waals surface area contributed by atoms with Gasteiger partial charge in [-0.2, -0.15) is 0 Å². The van der Waals surface area contributed by atoms with Crippen molar-refractivity contribution in [2.45, 2.75) is 19.9 Å². The molecule has 0 amide bonds. The molecule has 0 aliphatic heterocycles. The molecule has 4 heteroatoms. The van der Waals surface area contributed by atoms with E-state index in [1.54, 1.807) is 0 Å². The molecule has 13 heavy (non-hydrogen) atoms. The first-order valence-electron chi connectivity index (χ1n) is 4.42. The zero-order valence-electron chi connectivity index (χ0n) is 8.61. The maximum atomic E-state index is 5.90. The fraction of sp³-hybridized carbons (Fsp3) is 0.667. The van der Waals surface area contributed by atoms with Gasteiger partial charge in [0.2, 0.25) is 0 Å². The molecule has 1 aromatic heterocycles. The van der Waals surface area contributed by atoms with Crippen LogP contribution in [-0.2, 0) is 0 Å². The summed E-state index contributed by atoms with van der Waals surface area (Å²) >= 11 is 0. The van der Waals surface area contributed by atoms with Gasteiger partial charge >= 0.3 is 0 Å². The number of nitrogens with zero attached hydrogens (tertiary/aromatic N) is 2. The molecule has 2 N–H and O–H groups in total. The van der Waals surface area contributed by atoms with Crippen molar-refractivity contribution >= 4 is 5.82 Å². The lowest BCUT2D eigenvalue weighted by Crippen LogP contribution is -2.15. The molecule has 0 aromatic carbocycles. The van der Waals surface area contributed by atoms with Crippen LogP contribution < -0.4 is 10.6 Å². The minimum atomic E-state index is -0.0683. The Labute approximate surface area is 78.7 Å². The predicted octanol–water partition coefficient (Wildman–Crippen LogP) is 1.40. The molecule has 1 aromatic rings. The topological polar surface area (TPSA) is 55.3 Å². The number of hydrogen-bond acceptors (Lipinski definition) is 4. The molecule has 1 rings (SSSR count). The fourth-order valence-corrected chi connectivity index (χ4v) is 0.976. The minimum absolute atomic E-state index is 0.0683. The highest BCUT2D eigenvalue weighted by molar-refractivity contribution is 5.36. The maximum Gasteiger partial charge on any atom is 0.171 e. The van der Waals surface area contributed by atoms with E-state index in [0.717, 1.165) is 11.6 Å². The van der Waals surface area contributed by atoms with Gasteiger partial charge in [-0.1, -0.05) is 19.0 Å². The van der Waals surface area contributed by atoms with E-state index in [-0.39, 0.29) is 6.04 Å². The van der Waals surface area contributed by atoms with Crippen LogP contribution in [0.5, 0.6) is 0 Å². The Bertz CT molecular complexity index is 268. The third kappa shape index (κ3) is 2.21. The van der Waals surface area contributed by atoms with Gasteiger partial charge in [0.1, 0.15) is 0 Å². The summed E-state index contributed by atoms with van der Waals surface area (Å²) in [7, 11) is 3.84. The second-order valence-electron chi connectivity index (χ2n) is 3.75. The molecule has 0 bridgehead atoms. The molecule has 0 aliphatic rings. The minimum Gasteiger partial charge on any atom is -0.360 e. The molecule has 0 saturated heterocycles. The van der Waals surface area contributed by atoms with Crippen LogP contribution in [0.1, 0.15) is 25.6 Å². The largest absolute Gasteiger partial charge is 0.360 e. The number of nitrogens with two attached hydrogens (primary N) is 1. The Hall–Kier alpha value is -1.03. The highest BCUT2D eigenvalue weighted by Crippen LogP contribution is 2.22. The third-order valence-electron chi connectivity index (χ3n) is 2.02. The summed E-state index contributed by atoms with van der Waals surface area (Å²) in [5.74, 6) is 1.92. The van der Waals surface area contributed by atoms with Crippen molar-refractivity contribution < 1.29 is 4.52 Å². The molecular formula is C9H17N3O. The van der Waals surface area contributed by atoms with Crippen LogP contribution in [0.4, 0.5) is 5.82 Å². The first-order valence-corrected chi connectivity index (χ1v) is 4.42. The van der Waals surface area contributed by atoms with Gasteiger partial charge in [0.15, 0.2) is 11.6 Å². The lowest BCUT2D eigenvalue weighted by atomic mass is 10.0. The summed E-state index contributed by atoms with van der Waals surface area (Å²) in [4.78, 5) is 1.89. The van der Waals surface area contributed by atoms with E-state index in [0.29, 0.717) is 5.92 Å². The molecule has 74 valence electrons. The van der Waals surface area contributed by atoms with Crippen molar-refractivity contribution in [1.29, 1.82) is 0 Å². The quantitative estimate of drug-likeness (QED) is 0.769. The highest BCUT2D eigenvalue weighted by Gasteiger charge is 2.16. The molecule has 0 unspecified atom stereocenters. The van der Waals surface area contributed by atoms with Crippen LogP contribution in [0.15, 0.2) is 10.6 Å². The highest BCUT2D eigenvalue weighted by atomic mass is 16.5. The predicted molar refractivity (Wildman–Crippen MR) is 52.6 cm³/mol. The van der Waals surface area contributed by atoms with Gasteiger partial charge in [-0.3, -0.25) is 0 Å². The smallest absolute Gasteiger partial charge is 0.171 e. The van der Waals surface area contributed by atoms with E-state index in [9.17, 15) is 0 Å². The van der Waals surface area contributed by atoms with Gasteiger partial charge in [0, 0.05) is 20.2 Å². The van der Waals surface area contributed by atoms with Crippen LogP contribution in [0, 0.1) is 5.92 Å². The van der Waals surface area contributed by atoms with E-state index < -0.39 is 0 Å². The average molecular weight is 183 g/mol. The third-order valence-corrected chi connectivity index (χ3v) is 2.02. The van der Waals surface area contributed by atoms with Gasteiger partial charge in [0.05, 0.1) is 6.04 Å². The molecule has 0 aliphatic carbocycles. The summed E-state index contributed by atoms with van der Waals surface area (Å²) in [5, 5.41) is 3.89. The monoisotopic (exact) mass is 183 g/mol. The first-order chi connectivity index (χ1) is 6.02. The van der Waals surface area contributed by atoms with Crippen molar-refractivity contribution in [2.75, 3.05) is 19.0 Å². The van der Waals surface area contributed by atoms with Crippen LogP contribution in [-0.4, -0.2) is 19.3 Å². The fourth-order valence-electron chi connectivity index (χ4n) is 0.976.